The van der Waals surface area contributed by atoms with E-state index in [0.29, 0.717) is 12.2 Å². The summed E-state index contributed by atoms with van der Waals surface area (Å²) in [5.41, 5.74) is 1.56. The maximum Gasteiger partial charge on any atom is 0.252 e. The van der Waals surface area contributed by atoms with Crippen LogP contribution in [-0.4, -0.2) is 61.6 Å². The highest BCUT2D eigenvalue weighted by Crippen LogP contribution is 2.57. The van der Waals surface area contributed by atoms with Gasteiger partial charge in [0.25, 0.3) is 5.91 Å². The van der Waals surface area contributed by atoms with Crippen LogP contribution in [0.2, 0.25) is 0 Å². The molecule has 1 amide bonds. The molecule has 0 radical (unpaired) electrons. The molecule has 38 heavy (non-hydrogen) atoms. The molecular formula is C28H38N6O4. The fraction of sp³-hybridized carbons (Fsp3) is 0.786. The maximum atomic E-state index is 13.0. The molecule has 2 aromatic rings. The number of ether oxygens (including phenoxy) is 3. The van der Waals surface area contributed by atoms with Crippen LogP contribution in [0.5, 0.6) is 0 Å². The van der Waals surface area contributed by atoms with Gasteiger partial charge in [0.1, 0.15) is 18.5 Å². The summed E-state index contributed by atoms with van der Waals surface area (Å²) in [7, 11) is 0. The number of carbonyl (C=O) groups is 1. The van der Waals surface area contributed by atoms with Crippen LogP contribution in [0.3, 0.4) is 0 Å². The zero-order chi connectivity index (χ0) is 25.5. The van der Waals surface area contributed by atoms with Crippen molar-refractivity contribution < 1.29 is 19.0 Å². The number of likely N-dealkylation sites (N-methyl/N-ethyl adjacent to an activating group) is 1. The van der Waals surface area contributed by atoms with Crippen molar-refractivity contribution in [2.75, 3.05) is 11.9 Å². The zero-order valence-electron chi connectivity index (χ0n) is 22.1. The second-order valence-corrected chi connectivity index (χ2v) is 12.8. The van der Waals surface area contributed by atoms with Crippen molar-refractivity contribution in [3.63, 3.8) is 0 Å². The monoisotopic (exact) mass is 522 g/mol. The molecule has 4 atom stereocenters. The Bertz CT molecular complexity index is 1210. The molecule has 2 N–H and O–H groups in total. The molecule has 10 nitrogen and oxygen atoms in total. The molecular weight excluding hydrogens is 484 g/mol. The number of fused-ring (bicyclic) bond motifs is 2. The van der Waals surface area contributed by atoms with Crippen molar-refractivity contribution in [3.05, 3.63) is 12.7 Å². The normalized spacial score (nSPS) is 40.6. The van der Waals surface area contributed by atoms with Gasteiger partial charge < -0.3 is 24.8 Å². The van der Waals surface area contributed by atoms with Crippen molar-refractivity contribution in [3.8, 4) is 0 Å². The van der Waals surface area contributed by atoms with Crippen molar-refractivity contribution >= 4 is 22.9 Å². The summed E-state index contributed by atoms with van der Waals surface area (Å²) in [5, 5.41) is 6.80. The molecule has 2 aromatic heterocycles. The number of rotatable bonds is 5. The van der Waals surface area contributed by atoms with E-state index in [9.17, 15) is 4.79 Å². The molecule has 204 valence electrons. The molecule has 1 spiro atoms. The first-order valence-corrected chi connectivity index (χ1v) is 14.8. The van der Waals surface area contributed by atoms with Gasteiger partial charge in [-0.25, -0.2) is 15.0 Å². The fourth-order valence-corrected chi connectivity index (χ4v) is 9.10. The van der Waals surface area contributed by atoms with Crippen LogP contribution >= 0.6 is 0 Å². The minimum absolute atomic E-state index is 0.119. The lowest BCUT2D eigenvalue weighted by atomic mass is 9.53. The first kappa shape index (κ1) is 23.6. The summed E-state index contributed by atoms with van der Waals surface area (Å²) in [6.07, 6.45) is 14.1. The lowest BCUT2D eigenvalue weighted by Crippen LogP contribution is -2.54. The Balaban J connectivity index is 1.12. The van der Waals surface area contributed by atoms with E-state index in [2.05, 4.69) is 20.6 Å². The molecule has 5 aliphatic carbocycles. The Morgan fingerprint density at radius 2 is 1.71 bits per heavy atom. The van der Waals surface area contributed by atoms with Crippen LogP contribution in [0.15, 0.2) is 12.7 Å². The molecule has 2 saturated heterocycles. The Morgan fingerprint density at radius 3 is 2.42 bits per heavy atom. The first-order chi connectivity index (χ1) is 18.5. The Morgan fingerprint density at radius 1 is 1.00 bits per heavy atom. The molecule has 9 rings (SSSR count). The van der Waals surface area contributed by atoms with Gasteiger partial charge in [0.2, 0.25) is 0 Å². The van der Waals surface area contributed by atoms with Gasteiger partial charge in [0, 0.05) is 24.9 Å². The molecule has 10 heteroatoms. The van der Waals surface area contributed by atoms with E-state index in [-0.39, 0.29) is 11.4 Å². The summed E-state index contributed by atoms with van der Waals surface area (Å²) in [4.78, 5) is 27.1. The topological polar surface area (TPSA) is 112 Å². The van der Waals surface area contributed by atoms with Gasteiger partial charge in [-0.2, -0.15) is 0 Å². The number of carbonyl (C=O) groups excluding carboxylic acids is 1. The van der Waals surface area contributed by atoms with Gasteiger partial charge in [0.15, 0.2) is 35.1 Å². The Labute approximate surface area is 222 Å². The Kier molecular flexibility index (Phi) is 5.33. The molecule has 2 aliphatic heterocycles. The van der Waals surface area contributed by atoms with E-state index >= 15 is 0 Å². The van der Waals surface area contributed by atoms with Crippen LogP contribution < -0.4 is 10.6 Å². The third-order valence-electron chi connectivity index (χ3n) is 10.2. The van der Waals surface area contributed by atoms with Gasteiger partial charge in [-0.15, -0.1) is 0 Å². The van der Waals surface area contributed by atoms with Crippen molar-refractivity contribution in [2.45, 2.75) is 113 Å². The largest absolute Gasteiger partial charge is 0.363 e. The minimum atomic E-state index is -0.741. The maximum absolute atomic E-state index is 13.0. The lowest BCUT2D eigenvalue weighted by Gasteiger charge is -2.57. The van der Waals surface area contributed by atoms with Crippen molar-refractivity contribution in [2.24, 2.45) is 17.8 Å². The second kappa shape index (κ2) is 8.60. The predicted octanol–water partition coefficient (Wildman–Crippen LogP) is 3.68. The summed E-state index contributed by atoms with van der Waals surface area (Å²) < 4.78 is 21.5. The Hall–Kier alpha value is -2.30. The number of aromatic nitrogens is 4. The zero-order valence-corrected chi connectivity index (χ0v) is 22.1. The van der Waals surface area contributed by atoms with Crippen LogP contribution in [0.4, 0.5) is 5.82 Å². The molecule has 4 heterocycles. The number of hydrogen-bond donors (Lipinski definition) is 2. The number of nitrogens with zero attached hydrogens (tertiary/aromatic N) is 4. The van der Waals surface area contributed by atoms with Crippen molar-refractivity contribution in [1.82, 2.24) is 24.8 Å². The smallest absolute Gasteiger partial charge is 0.252 e. The average Bonchev–Trinajstić information content (AvgIpc) is 3.56. The summed E-state index contributed by atoms with van der Waals surface area (Å²) in [6.45, 7) is 2.45. The number of imidazole rings is 1. The highest BCUT2D eigenvalue weighted by atomic mass is 16.8. The van der Waals surface area contributed by atoms with Gasteiger partial charge in [-0.3, -0.25) is 9.36 Å². The summed E-state index contributed by atoms with van der Waals surface area (Å²) in [5.74, 6) is 2.53. The number of amides is 1. The van der Waals surface area contributed by atoms with E-state index in [1.165, 1.54) is 44.9 Å². The van der Waals surface area contributed by atoms with Crippen LogP contribution in [0, 0.1) is 17.8 Å². The number of hydrogen-bond acceptors (Lipinski definition) is 8. The SMILES string of the molecule is CCNC(=O)[C@H]1O[C@@H](n2cnc3c(NC45CC6CC(CC(C6)C4)C5)ncnc32)C2OC3(CCCCC3)OC21. The summed E-state index contributed by atoms with van der Waals surface area (Å²) >= 11 is 0. The molecule has 2 unspecified atom stereocenters. The van der Waals surface area contributed by atoms with Gasteiger partial charge in [-0.1, -0.05) is 6.42 Å². The van der Waals surface area contributed by atoms with Crippen LogP contribution in [-0.2, 0) is 19.0 Å². The van der Waals surface area contributed by atoms with Crippen LogP contribution in [0.25, 0.3) is 11.2 Å². The molecule has 5 saturated carbocycles. The predicted molar refractivity (Wildman–Crippen MR) is 138 cm³/mol. The van der Waals surface area contributed by atoms with Crippen LogP contribution in [0.1, 0.15) is 83.8 Å². The molecule has 7 aliphatic rings. The van der Waals surface area contributed by atoms with E-state index in [4.69, 9.17) is 19.2 Å². The number of anilines is 1. The highest BCUT2D eigenvalue weighted by Gasteiger charge is 2.61. The first-order valence-electron chi connectivity index (χ1n) is 14.8. The number of nitrogens with one attached hydrogen (secondary N) is 2. The third-order valence-corrected chi connectivity index (χ3v) is 10.2. The van der Waals surface area contributed by atoms with Crippen molar-refractivity contribution in [1.29, 1.82) is 0 Å². The van der Waals surface area contributed by atoms with Gasteiger partial charge >= 0.3 is 0 Å². The lowest BCUT2D eigenvalue weighted by molar-refractivity contribution is -0.229. The second-order valence-electron chi connectivity index (χ2n) is 12.8. The van der Waals surface area contributed by atoms with Gasteiger partial charge in [0.05, 0.1) is 6.33 Å². The van der Waals surface area contributed by atoms with E-state index < -0.39 is 30.3 Å². The quantitative estimate of drug-likeness (QED) is 0.612. The summed E-state index contributed by atoms with van der Waals surface area (Å²) in [6, 6.07) is 0. The third kappa shape index (κ3) is 3.63. The van der Waals surface area contributed by atoms with E-state index in [1.54, 1.807) is 12.7 Å². The van der Waals surface area contributed by atoms with E-state index in [0.717, 1.165) is 54.8 Å². The van der Waals surface area contributed by atoms with Gasteiger partial charge in [-0.05, 0) is 76.0 Å². The average molecular weight is 523 g/mol. The fourth-order valence-electron chi connectivity index (χ4n) is 9.10. The standard InChI is InChI=1S/C28H38N6O4/c1-2-29-25(35)21-20-22(38-28(37-20)6-4-3-5-7-28)26(36-21)34-15-32-19-23(30-14-31-24(19)34)33-27-11-16-8-17(12-27)10-18(9-16)13-27/h14-18,20-22,26H,2-13H2,1H3,(H,29,35)(H,30,31,33)/t16?,17?,18?,20?,21-,22?,26+,27?/m0/s1. The van der Waals surface area contributed by atoms with E-state index in [1.807, 2.05) is 11.5 Å². The molecule has 0 aromatic carbocycles. The highest BCUT2D eigenvalue weighted by molar-refractivity contribution is 5.84. The molecule has 4 bridgehead atoms. The molecule has 7 fully saturated rings. The minimum Gasteiger partial charge on any atom is -0.363 e.